The smallest absolute Gasteiger partial charge is 0.250 e. The first-order valence-electron chi connectivity index (χ1n) is 13.1. The summed E-state index contributed by atoms with van der Waals surface area (Å²) in [6.07, 6.45) is 2.38. The summed E-state index contributed by atoms with van der Waals surface area (Å²) in [7, 11) is 0. The van der Waals surface area contributed by atoms with E-state index in [1.165, 1.54) is 4.90 Å². The summed E-state index contributed by atoms with van der Waals surface area (Å²) in [5.74, 6) is -1.51. The second-order valence-corrected chi connectivity index (χ2v) is 11.2. The molecular formula is C30H23ClN4O5. The maximum absolute atomic E-state index is 14.2. The van der Waals surface area contributed by atoms with E-state index in [2.05, 4.69) is 15.6 Å². The molecule has 3 aromatic carbocycles. The zero-order chi connectivity index (χ0) is 27.2. The average Bonchev–Trinajstić information content (AvgIpc) is 3.75. The Labute approximate surface area is 233 Å². The lowest BCUT2D eigenvalue weighted by Crippen LogP contribution is -2.53. The minimum Gasteiger partial charge on any atom is -0.454 e. The zero-order valence-corrected chi connectivity index (χ0v) is 21.8. The van der Waals surface area contributed by atoms with Crippen molar-refractivity contribution in [2.75, 3.05) is 12.1 Å². The number of likely N-dealkylation sites (tertiary alicyclic amines) is 1. The molecule has 2 saturated heterocycles. The van der Waals surface area contributed by atoms with Crippen molar-refractivity contribution in [1.82, 2.24) is 15.2 Å². The van der Waals surface area contributed by atoms with Crippen molar-refractivity contribution >= 4 is 45.9 Å². The van der Waals surface area contributed by atoms with Crippen molar-refractivity contribution in [2.45, 2.75) is 24.5 Å². The lowest BCUT2D eigenvalue weighted by atomic mass is 9.76. The Kier molecular flexibility index (Phi) is 4.90. The lowest BCUT2D eigenvalue weighted by Gasteiger charge is -2.29. The van der Waals surface area contributed by atoms with Crippen LogP contribution in [0.5, 0.6) is 11.5 Å². The average molecular weight is 555 g/mol. The minimum absolute atomic E-state index is 0.0706. The number of nitrogens with one attached hydrogen (secondary N) is 3. The number of carbonyl (C=O) groups excluding carboxylic acids is 3. The number of hydrogen-bond acceptors (Lipinski definition) is 6. The van der Waals surface area contributed by atoms with E-state index < -0.39 is 23.4 Å². The van der Waals surface area contributed by atoms with Crippen LogP contribution in [0.15, 0.2) is 66.9 Å². The molecule has 200 valence electrons. The third-order valence-corrected chi connectivity index (χ3v) is 8.90. The number of benzene rings is 3. The molecule has 0 radical (unpaired) electrons. The number of rotatable bonds is 4. The van der Waals surface area contributed by atoms with Gasteiger partial charge in [-0.25, -0.2) is 0 Å². The number of nitrogens with zero attached hydrogens (tertiary/aromatic N) is 1. The summed E-state index contributed by atoms with van der Waals surface area (Å²) in [6, 6.07) is 18.0. The van der Waals surface area contributed by atoms with Gasteiger partial charge in [-0.1, -0.05) is 35.9 Å². The van der Waals surface area contributed by atoms with E-state index in [9.17, 15) is 14.4 Å². The van der Waals surface area contributed by atoms with E-state index in [1.54, 1.807) is 30.3 Å². The Bertz CT molecular complexity index is 1770. The number of aromatic nitrogens is 1. The van der Waals surface area contributed by atoms with Crippen molar-refractivity contribution in [3.8, 4) is 11.5 Å². The highest BCUT2D eigenvalue weighted by Crippen LogP contribution is 2.54. The summed E-state index contributed by atoms with van der Waals surface area (Å²) in [4.78, 5) is 46.6. The Morgan fingerprint density at radius 1 is 0.975 bits per heavy atom. The van der Waals surface area contributed by atoms with Gasteiger partial charge >= 0.3 is 0 Å². The number of carbonyl (C=O) groups is 3. The summed E-state index contributed by atoms with van der Waals surface area (Å²) in [5, 5.41) is 7.91. The van der Waals surface area contributed by atoms with Crippen molar-refractivity contribution in [3.05, 3.63) is 88.6 Å². The summed E-state index contributed by atoms with van der Waals surface area (Å²) >= 11 is 6.38. The van der Waals surface area contributed by atoms with Crippen LogP contribution in [0.1, 0.15) is 16.7 Å². The molecule has 3 amide bonds. The quantitative estimate of drug-likeness (QED) is 0.332. The molecule has 0 saturated carbocycles. The molecule has 4 aliphatic heterocycles. The van der Waals surface area contributed by atoms with Crippen LogP contribution < -0.4 is 20.1 Å². The largest absolute Gasteiger partial charge is 0.454 e. The molecule has 0 bridgehead atoms. The summed E-state index contributed by atoms with van der Waals surface area (Å²) in [5.41, 5.74) is 2.48. The fourth-order valence-corrected chi connectivity index (χ4v) is 7.10. The molecule has 8 rings (SSSR count). The Morgan fingerprint density at radius 3 is 2.73 bits per heavy atom. The van der Waals surface area contributed by atoms with Crippen molar-refractivity contribution in [1.29, 1.82) is 0 Å². The van der Waals surface area contributed by atoms with Crippen molar-refractivity contribution in [3.63, 3.8) is 0 Å². The topological polar surface area (TPSA) is 113 Å². The van der Waals surface area contributed by atoms with Crippen LogP contribution in [0.4, 0.5) is 5.69 Å². The van der Waals surface area contributed by atoms with Crippen LogP contribution in [0.3, 0.4) is 0 Å². The SMILES string of the molecule is O=C1[C@@H]2[C@H](Cc3c[nH]c4ccccc34)N[C@]3(C(=O)Nc4ccc(Cl)cc43)[C@@H]2C(=O)N1Cc1ccc2c(c1)OCO2. The van der Waals surface area contributed by atoms with Gasteiger partial charge in [0, 0.05) is 39.4 Å². The van der Waals surface area contributed by atoms with E-state index in [0.717, 1.165) is 22.0 Å². The van der Waals surface area contributed by atoms with Gasteiger partial charge in [0.2, 0.25) is 24.5 Å². The van der Waals surface area contributed by atoms with Gasteiger partial charge in [0.1, 0.15) is 5.54 Å². The third-order valence-electron chi connectivity index (χ3n) is 8.66. The number of amides is 3. The maximum atomic E-state index is 14.2. The van der Waals surface area contributed by atoms with Gasteiger partial charge in [0.05, 0.1) is 18.4 Å². The molecular weight excluding hydrogens is 532 g/mol. The highest BCUT2D eigenvalue weighted by atomic mass is 35.5. The number of anilines is 1. The molecule has 1 spiro atoms. The zero-order valence-electron chi connectivity index (χ0n) is 21.1. The Balaban J connectivity index is 1.22. The number of ether oxygens (including phenoxy) is 2. The number of halogens is 1. The van der Waals surface area contributed by atoms with Gasteiger partial charge in [0.15, 0.2) is 11.5 Å². The van der Waals surface area contributed by atoms with Gasteiger partial charge in [0.25, 0.3) is 0 Å². The molecule has 4 atom stereocenters. The van der Waals surface area contributed by atoms with E-state index in [-0.39, 0.29) is 31.1 Å². The molecule has 2 fully saturated rings. The van der Waals surface area contributed by atoms with Gasteiger partial charge < -0.3 is 19.8 Å². The second kappa shape index (κ2) is 8.33. The van der Waals surface area contributed by atoms with E-state index in [0.29, 0.717) is 34.2 Å². The molecule has 5 heterocycles. The fraction of sp³-hybridized carbons (Fsp3) is 0.233. The van der Waals surface area contributed by atoms with Gasteiger partial charge in [-0.3, -0.25) is 24.6 Å². The molecule has 0 unspecified atom stereocenters. The number of H-pyrrole nitrogens is 1. The number of fused-ring (bicyclic) bond motifs is 6. The molecule has 4 aromatic rings. The Morgan fingerprint density at radius 2 is 1.82 bits per heavy atom. The van der Waals surface area contributed by atoms with Crippen molar-refractivity contribution in [2.24, 2.45) is 11.8 Å². The highest BCUT2D eigenvalue weighted by Gasteiger charge is 2.70. The van der Waals surface area contributed by atoms with Crippen LogP contribution in [0.25, 0.3) is 10.9 Å². The molecule has 0 aliphatic carbocycles. The molecule has 1 aromatic heterocycles. The fourth-order valence-electron chi connectivity index (χ4n) is 6.92. The van der Waals surface area contributed by atoms with Crippen LogP contribution in [0.2, 0.25) is 5.02 Å². The monoisotopic (exact) mass is 554 g/mol. The third kappa shape index (κ3) is 3.16. The van der Waals surface area contributed by atoms with Crippen molar-refractivity contribution < 1.29 is 23.9 Å². The molecule has 4 aliphatic rings. The van der Waals surface area contributed by atoms with Crippen LogP contribution in [-0.2, 0) is 32.9 Å². The number of para-hydroxylation sites is 1. The summed E-state index contributed by atoms with van der Waals surface area (Å²) < 4.78 is 10.9. The van der Waals surface area contributed by atoms with E-state index in [1.807, 2.05) is 36.5 Å². The van der Waals surface area contributed by atoms with E-state index in [4.69, 9.17) is 21.1 Å². The van der Waals surface area contributed by atoms with Crippen LogP contribution in [-0.4, -0.2) is 40.4 Å². The molecule has 3 N–H and O–H groups in total. The predicted molar refractivity (Wildman–Crippen MR) is 146 cm³/mol. The molecule has 10 heteroatoms. The maximum Gasteiger partial charge on any atom is 0.250 e. The number of hydrogen-bond donors (Lipinski definition) is 3. The first-order valence-corrected chi connectivity index (χ1v) is 13.5. The van der Waals surface area contributed by atoms with Crippen LogP contribution in [0, 0.1) is 11.8 Å². The van der Waals surface area contributed by atoms with Gasteiger partial charge in [-0.2, -0.15) is 0 Å². The first-order chi connectivity index (χ1) is 19.4. The Hall–Kier alpha value is -4.34. The van der Waals surface area contributed by atoms with E-state index >= 15 is 0 Å². The highest BCUT2D eigenvalue weighted by molar-refractivity contribution is 6.31. The number of imide groups is 1. The minimum atomic E-state index is -1.42. The lowest BCUT2D eigenvalue weighted by molar-refractivity contribution is -0.143. The summed E-state index contributed by atoms with van der Waals surface area (Å²) in [6.45, 7) is 0.201. The first kappa shape index (κ1) is 23.5. The normalized spacial score (nSPS) is 26.2. The number of aromatic amines is 1. The molecule has 40 heavy (non-hydrogen) atoms. The standard InChI is InChI=1S/C30H23ClN4O5/c31-17-6-7-21-19(11-17)30(29(38)33-21)26-25(22(34-30)10-16-12-32-20-4-2-1-3-18(16)20)27(36)35(28(26)37)13-15-5-8-23-24(9-15)40-14-39-23/h1-9,11-12,22,25-26,32,34H,10,13-14H2,(H,33,38)/t22-,25+,26-,30-/m0/s1. The van der Waals surface area contributed by atoms with Gasteiger partial charge in [-0.15, -0.1) is 0 Å². The second-order valence-electron chi connectivity index (χ2n) is 10.7. The van der Waals surface area contributed by atoms with Crippen LogP contribution >= 0.6 is 11.6 Å². The predicted octanol–water partition coefficient (Wildman–Crippen LogP) is 3.71. The van der Waals surface area contributed by atoms with Gasteiger partial charge in [-0.05, 0) is 53.9 Å². The molecule has 9 nitrogen and oxygen atoms in total.